The summed E-state index contributed by atoms with van der Waals surface area (Å²) < 4.78 is 11.6. The highest BCUT2D eigenvalue weighted by molar-refractivity contribution is 7.99. The van der Waals surface area contributed by atoms with Gasteiger partial charge in [-0.1, -0.05) is 176 Å². The first-order valence-electron chi connectivity index (χ1n) is 24.9. The number of hydrogen-bond donors (Lipinski definition) is 1. The van der Waals surface area contributed by atoms with Crippen LogP contribution in [-0.2, 0) is 19.1 Å². The predicted octanol–water partition coefficient (Wildman–Crippen LogP) is 13.0. The molecule has 0 spiro atoms. The fraction of sp³-hybridized carbons (Fsp3) is 0.959. The lowest BCUT2D eigenvalue weighted by Crippen LogP contribution is -2.40. The van der Waals surface area contributed by atoms with Crippen LogP contribution in [-0.4, -0.2) is 96.9 Å². The zero-order chi connectivity index (χ0) is 42.0. The van der Waals surface area contributed by atoms with E-state index < -0.39 is 6.10 Å². The summed E-state index contributed by atoms with van der Waals surface area (Å²) in [4.78, 5) is 30.6. The van der Waals surface area contributed by atoms with Crippen LogP contribution in [0.3, 0.4) is 0 Å². The molecule has 0 bridgehead atoms. The second kappa shape index (κ2) is 43.3. The number of rotatable bonds is 45. The zero-order valence-corrected chi connectivity index (χ0v) is 39.8. The lowest BCUT2D eigenvalue weighted by Gasteiger charge is -2.28. The highest BCUT2D eigenvalue weighted by Gasteiger charge is 2.20. The minimum Gasteiger partial charge on any atom is -0.465 e. The molecule has 0 aromatic heterocycles. The van der Waals surface area contributed by atoms with Crippen LogP contribution in [0.15, 0.2) is 0 Å². The number of hydrogen-bond acceptors (Lipinski definition) is 8. The Hall–Kier alpha value is -0.830. The van der Waals surface area contributed by atoms with E-state index in [1.807, 2.05) is 0 Å². The van der Waals surface area contributed by atoms with Gasteiger partial charge in [-0.25, -0.2) is 0 Å². The molecule has 3 atom stereocenters. The number of ether oxygens (including phenoxy) is 2. The molecule has 0 aliphatic heterocycles. The second-order valence-electron chi connectivity index (χ2n) is 17.1. The van der Waals surface area contributed by atoms with Crippen LogP contribution < -0.4 is 0 Å². The zero-order valence-electron chi connectivity index (χ0n) is 39.0. The van der Waals surface area contributed by atoms with Gasteiger partial charge in [-0.2, -0.15) is 11.8 Å². The van der Waals surface area contributed by atoms with Crippen molar-refractivity contribution in [1.82, 2.24) is 9.80 Å². The Morgan fingerprint density at radius 1 is 0.544 bits per heavy atom. The van der Waals surface area contributed by atoms with Crippen LogP contribution >= 0.6 is 11.8 Å². The lowest BCUT2D eigenvalue weighted by atomic mass is 9.94. The number of nitrogens with zero attached hydrogens (tertiary/aromatic N) is 2. The van der Waals surface area contributed by atoms with Gasteiger partial charge in [0.15, 0.2) is 0 Å². The number of carbonyl (C=O) groups excluding carboxylic acids is 2. The third-order valence-electron chi connectivity index (χ3n) is 11.8. The molecule has 0 saturated carbocycles. The van der Waals surface area contributed by atoms with E-state index in [0.29, 0.717) is 37.9 Å². The second-order valence-corrected chi connectivity index (χ2v) is 18.2. The van der Waals surface area contributed by atoms with E-state index in [9.17, 15) is 14.7 Å². The summed E-state index contributed by atoms with van der Waals surface area (Å²) in [6.45, 7) is 20.0. The summed E-state index contributed by atoms with van der Waals surface area (Å²) in [5, 5.41) is 11.0. The van der Waals surface area contributed by atoms with Crippen molar-refractivity contribution >= 4 is 23.7 Å². The fourth-order valence-electron chi connectivity index (χ4n) is 7.82. The number of aliphatic hydroxyl groups excluding tert-OH is 1. The van der Waals surface area contributed by atoms with Gasteiger partial charge in [-0.05, 0) is 64.1 Å². The fourth-order valence-corrected chi connectivity index (χ4v) is 8.57. The van der Waals surface area contributed by atoms with E-state index >= 15 is 0 Å². The van der Waals surface area contributed by atoms with Gasteiger partial charge in [0.2, 0.25) is 0 Å². The van der Waals surface area contributed by atoms with E-state index in [0.717, 1.165) is 83.4 Å². The molecule has 0 aromatic rings. The molecule has 0 aromatic carbocycles. The maximum atomic E-state index is 13.0. The van der Waals surface area contributed by atoms with E-state index in [1.165, 1.54) is 128 Å². The van der Waals surface area contributed by atoms with E-state index in [2.05, 4.69) is 51.3 Å². The molecule has 1 N–H and O–H groups in total. The average Bonchev–Trinajstić information content (AvgIpc) is 3.21. The predicted molar refractivity (Wildman–Crippen MR) is 248 cm³/mol. The molecular weight excluding hydrogens is 729 g/mol. The maximum absolute atomic E-state index is 13.0. The Morgan fingerprint density at radius 3 is 1.56 bits per heavy atom. The van der Waals surface area contributed by atoms with Crippen molar-refractivity contribution in [3.8, 4) is 0 Å². The quantitative estimate of drug-likeness (QED) is 0.0480. The average molecular weight is 827 g/mol. The summed E-state index contributed by atoms with van der Waals surface area (Å²) in [7, 11) is 0. The molecule has 0 fully saturated rings. The molecule has 7 nitrogen and oxygen atoms in total. The molecule has 0 heterocycles. The largest absolute Gasteiger partial charge is 0.465 e. The van der Waals surface area contributed by atoms with Crippen LogP contribution in [0.25, 0.3) is 0 Å². The van der Waals surface area contributed by atoms with Crippen LogP contribution in [0, 0.1) is 11.8 Å². The molecule has 0 saturated heterocycles. The van der Waals surface area contributed by atoms with Crippen LogP contribution in [0.4, 0.5) is 0 Å². The summed E-state index contributed by atoms with van der Waals surface area (Å²) >= 11 is 1.68. The van der Waals surface area contributed by atoms with Crippen molar-refractivity contribution in [2.45, 2.75) is 227 Å². The summed E-state index contributed by atoms with van der Waals surface area (Å²) in [6.07, 6.45) is 32.4. The van der Waals surface area contributed by atoms with Crippen molar-refractivity contribution in [3.05, 3.63) is 0 Å². The Labute approximate surface area is 359 Å². The molecular formula is C49H98N2O5S. The van der Waals surface area contributed by atoms with Gasteiger partial charge in [0.05, 0.1) is 18.6 Å². The van der Waals surface area contributed by atoms with Gasteiger partial charge in [-0.15, -0.1) is 0 Å². The normalized spacial score (nSPS) is 13.4. The Kier molecular flexibility index (Phi) is 42.6. The number of likely N-dealkylation sites (N-methyl/N-ethyl adjacent to an activating group) is 1. The van der Waals surface area contributed by atoms with Gasteiger partial charge in [-0.3, -0.25) is 14.5 Å². The highest BCUT2D eigenvalue weighted by Crippen LogP contribution is 2.22. The first kappa shape index (κ1) is 56.2. The Morgan fingerprint density at radius 2 is 1.02 bits per heavy atom. The van der Waals surface area contributed by atoms with Gasteiger partial charge >= 0.3 is 11.9 Å². The van der Waals surface area contributed by atoms with Crippen molar-refractivity contribution in [3.63, 3.8) is 0 Å². The molecule has 0 aliphatic rings. The summed E-state index contributed by atoms with van der Waals surface area (Å²) in [5.74, 6) is 1.85. The molecule has 0 aliphatic carbocycles. The summed E-state index contributed by atoms with van der Waals surface area (Å²) in [6, 6.07) is 0. The van der Waals surface area contributed by atoms with E-state index in [1.54, 1.807) is 11.8 Å². The van der Waals surface area contributed by atoms with Crippen molar-refractivity contribution < 1.29 is 24.2 Å². The molecule has 57 heavy (non-hydrogen) atoms. The molecule has 0 rings (SSSR count). The minimum absolute atomic E-state index is 0.0115. The van der Waals surface area contributed by atoms with Gasteiger partial charge in [0.1, 0.15) is 6.61 Å². The minimum atomic E-state index is -0.428. The van der Waals surface area contributed by atoms with Crippen molar-refractivity contribution in [2.75, 3.05) is 64.0 Å². The Bertz CT molecular complexity index is 860. The molecule has 0 radical (unpaired) electrons. The van der Waals surface area contributed by atoms with E-state index in [4.69, 9.17) is 9.47 Å². The number of aliphatic hydroxyl groups is 1. The first-order chi connectivity index (χ1) is 27.8. The number of thioether (sulfide) groups is 1. The van der Waals surface area contributed by atoms with Crippen LogP contribution in [0.1, 0.15) is 221 Å². The third kappa shape index (κ3) is 36.7. The van der Waals surface area contributed by atoms with Gasteiger partial charge in [0, 0.05) is 37.6 Å². The monoisotopic (exact) mass is 827 g/mol. The number of esters is 2. The Balaban J connectivity index is 4.67. The SMILES string of the molecule is CCCCCCCCC(CCCCCC)COC(=O)CCCCCN(CCN(CC)CC)CC(O)CSCCOC(=O)C(CCCCCC)CCCCCCCC. The topological polar surface area (TPSA) is 79.3 Å². The standard InChI is InChI=1S/C49H98N2O5S/c1-7-13-17-21-23-27-33-45(32-26-19-15-9-3)43-56-48(53)36-30-25-31-37-51(39-38-50(11-5)12-6)42-47(52)44-57-41-40-55-49(54)46(34-28-20-16-10-4)35-29-24-22-18-14-8-2/h45-47,52H,7-44H2,1-6H3. The van der Waals surface area contributed by atoms with E-state index in [-0.39, 0.29) is 17.9 Å². The van der Waals surface area contributed by atoms with Crippen molar-refractivity contribution in [2.24, 2.45) is 11.8 Å². The van der Waals surface area contributed by atoms with Crippen molar-refractivity contribution in [1.29, 1.82) is 0 Å². The molecule has 8 heteroatoms. The first-order valence-corrected chi connectivity index (χ1v) is 26.0. The molecule has 3 unspecified atom stereocenters. The molecule has 0 amide bonds. The highest BCUT2D eigenvalue weighted by atomic mass is 32.2. The van der Waals surface area contributed by atoms with Gasteiger partial charge < -0.3 is 19.5 Å². The smallest absolute Gasteiger partial charge is 0.308 e. The lowest BCUT2D eigenvalue weighted by molar-refractivity contribution is -0.148. The molecule has 340 valence electrons. The third-order valence-corrected chi connectivity index (χ3v) is 12.9. The number of carbonyl (C=O) groups is 2. The number of unbranched alkanes of at least 4 members (excludes halogenated alkanes) is 18. The maximum Gasteiger partial charge on any atom is 0.308 e. The van der Waals surface area contributed by atoms with Gasteiger partial charge in [0.25, 0.3) is 0 Å². The van der Waals surface area contributed by atoms with Crippen LogP contribution in [0.5, 0.6) is 0 Å². The summed E-state index contributed by atoms with van der Waals surface area (Å²) in [5.41, 5.74) is 0. The van der Waals surface area contributed by atoms with Crippen LogP contribution in [0.2, 0.25) is 0 Å².